The fraction of sp³-hybridized carbons (Fsp3) is 0.500. The molecule has 6 nitrogen and oxygen atoms in total. The molecule has 0 aromatic rings. The quantitative estimate of drug-likeness (QED) is 0.494. The van der Waals surface area contributed by atoms with Gasteiger partial charge in [-0.15, -0.1) is 0 Å². The van der Waals surface area contributed by atoms with Crippen LogP contribution in [0.4, 0.5) is 0 Å². The summed E-state index contributed by atoms with van der Waals surface area (Å²) in [6.07, 6.45) is -4.88. The summed E-state index contributed by atoms with van der Waals surface area (Å²) < 4.78 is 0. The van der Waals surface area contributed by atoms with Crippen molar-refractivity contribution in [1.29, 1.82) is 0 Å². The first-order chi connectivity index (χ1) is 4.46. The second kappa shape index (κ2) is 5.34. The molecule has 2 N–H and O–H groups in total. The van der Waals surface area contributed by atoms with Gasteiger partial charge in [-0.25, -0.2) is 0 Å². The van der Waals surface area contributed by atoms with Gasteiger partial charge < -0.3 is 30.0 Å². The van der Waals surface area contributed by atoms with Crippen molar-refractivity contribution in [2.75, 3.05) is 0 Å². The average Bonchev–Trinajstić information content (AvgIpc) is 1.84. The number of carboxylic acids is 2. The molecular weight excluding hydrogens is 266 g/mol. The van der Waals surface area contributed by atoms with Gasteiger partial charge >= 0.3 is 25.9 Å². The third-order valence-corrected chi connectivity index (χ3v) is 0.782. The molecule has 0 spiro atoms. The topological polar surface area (TPSA) is 121 Å². The first-order valence-electron chi connectivity index (χ1n) is 2.24. The summed E-state index contributed by atoms with van der Waals surface area (Å²) in [7, 11) is 0. The Morgan fingerprint density at radius 2 is 1.27 bits per heavy atom. The van der Waals surface area contributed by atoms with Crippen molar-refractivity contribution in [1.82, 2.24) is 0 Å². The molecule has 0 aromatic heterocycles. The molecule has 66 valence electrons. The predicted octanol–water partition coefficient (Wildman–Crippen LogP) is -5.86. The van der Waals surface area contributed by atoms with Gasteiger partial charge in [-0.3, -0.25) is 0 Å². The average molecular weight is 274 g/mol. The van der Waals surface area contributed by atoms with E-state index in [0.29, 0.717) is 0 Å². The second-order valence-electron chi connectivity index (χ2n) is 1.53. The molecular formula is C4H8O6Sb-. The molecule has 0 rings (SSSR count). The van der Waals surface area contributed by atoms with E-state index in [1.165, 1.54) is 0 Å². The summed E-state index contributed by atoms with van der Waals surface area (Å²) >= 11 is 0. The number of carboxylic acid groups (broad SMARTS) is 2. The van der Waals surface area contributed by atoms with E-state index in [2.05, 4.69) is 0 Å². The van der Waals surface area contributed by atoms with E-state index in [1.807, 2.05) is 0 Å². The van der Waals surface area contributed by atoms with Crippen LogP contribution in [0.2, 0.25) is 0 Å². The van der Waals surface area contributed by atoms with Crippen LogP contribution in [-0.2, 0) is 9.59 Å². The second-order valence-corrected chi connectivity index (χ2v) is 1.53. The maximum atomic E-state index is 9.63. The first-order valence-corrected chi connectivity index (χ1v) is 2.24. The minimum absolute atomic E-state index is 0. The number of carbonyl (C=O) groups is 2. The summed E-state index contributed by atoms with van der Waals surface area (Å²) in [5.74, 6) is -4.12. The number of rotatable bonds is 3. The van der Waals surface area contributed by atoms with Crippen LogP contribution in [0.1, 0.15) is 1.43 Å². The van der Waals surface area contributed by atoms with E-state index in [4.69, 9.17) is 10.2 Å². The number of carbonyl (C=O) groups excluding carboxylic acids is 2. The summed E-state index contributed by atoms with van der Waals surface area (Å²) in [5.41, 5.74) is 0. The van der Waals surface area contributed by atoms with Crippen LogP contribution in [-0.4, -0.2) is 58.8 Å². The molecule has 0 aliphatic heterocycles. The molecule has 0 aliphatic carbocycles. The Morgan fingerprint density at radius 3 is 1.36 bits per heavy atom. The summed E-state index contributed by atoms with van der Waals surface area (Å²) in [6, 6.07) is 0. The van der Waals surface area contributed by atoms with Gasteiger partial charge in [0, 0.05) is 0 Å². The summed E-state index contributed by atoms with van der Waals surface area (Å²) in [4.78, 5) is 19.3. The van der Waals surface area contributed by atoms with E-state index >= 15 is 0 Å². The molecule has 2 unspecified atom stereocenters. The van der Waals surface area contributed by atoms with Crippen molar-refractivity contribution >= 4 is 36.4 Å². The van der Waals surface area contributed by atoms with Crippen LogP contribution in [0.25, 0.3) is 0 Å². The van der Waals surface area contributed by atoms with Gasteiger partial charge in [0.05, 0.1) is 11.9 Å². The Labute approximate surface area is 80.4 Å². The van der Waals surface area contributed by atoms with Gasteiger partial charge in [-0.2, -0.15) is 0 Å². The minimum atomic E-state index is -2.44. The Hall–Kier alpha value is -0.322. The normalized spacial score (nSPS) is 14.4. The number of hydrogen-bond acceptors (Lipinski definition) is 6. The predicted molar refractivity (Wildman–Crippen MR) is 33.1 cm³/mol. The Morgan fingerprint density at radius 1 is 1.09 bits per heavy atom. The van der Waals surface area contributed by atoms with Gasteiger partial charge in [0.1, 0.15) is 12.2 Å². The molecule has 11 heavy (non-hydrogen) atoms. The molecule has 0 saturated carbocycles. The fourth-order valence-corrected chi connectivity index (χ4v) is 0.258. The molecule has 0 aromatic carbocycles. The summed E-state index contributed by atoms with van der Waals surface area (Å²) in [6.45, 7) is 0. The number of aliphatic carboxylic acids is 2. The van der Waals surface area contributed by atoms with E-state index in [0.717, 1.165) is 0 Å². The Balaban J connectivity index is -0.000000405. The zero-order chi connectivity index (χ0) is 8.31. The van der Waals surface area contributed by atoms with Crippen LogP contribution < -0.4 is 10.2 Å². The van der Waals surface area contributed by atoms with Gasteiger partial charge in [-0.1, -0.05) is 0 Å². The van der Waals surface area contributed by atoms with Crippen molar-refractivity contribution in [3.05, 3.63) is 0 Å². The Bertz CT molecular complexity index is 144. The van der Waals surface area contributed by atoms with Gasteiger partial charge in [0.15, 0.2) is 0 Å². The van der Waals surface area contributed by atoms with E-state index in [1.54, 1.807) is 0 Å². The third kappa shape index (κ3) is 4.18. The van der Waals surface area contributed by atoms with Crippen molar-refractivity contribution < 1.29 is 31.4 Å². The molecule has 0 fully saturated rings. The van der Waals surface area contributed by atoms with E-state index in [-0.39, 0.29) is 25.9 Å². The maximum absolute atomic E-state index is 9.63. The number of aliphatic hydroxyl groups excluding tert-OH is 2. The molecule has 0 aliphatic rings. The van der Waals surface area contributed by atoms with Crippen molar-refractivity contribution in [2.24, 2.45) is 0 Å². The van der Waals surface area contributed by atoms with Crippen molar-refractivity contribution in [2.45, 2.75) is 12.2 Å². The fourth-order valence-electron chi connectivity index (χ4n) is 0.258. The molecule has 0 heterocycles. The third-order valence-electron chi connectivity index (χ3n) is 0.782. The van der Waals surface area contributed by atoms with E-state index < -0.39 is 24.1 Å². The first kappa shape index (κ1) is 13.3. The molecule has 0 radical (unpaired) electrons. The number of aliphatic hydroxyl groups is 2. The van der Waals surface area contributed by atoms with Gasteiger partial charge in [-0.05, 0) is 0 Å². The van der Waals surface area contributed by atoms with Gasteiger partial charge in [0.2, 0.25) is 0 Å². The van der Waals surface area contributed by atoms with Crippen molar-refractivity contribution in [3.63, 3.8) is 0 Å². The monoisotopic (exact) mass is 273 g/mol. The Kier molecular flexibility index (Phi) is 6.45. The SMILES string of the molecule is O=C([O-])C(O)C(O)C(=O)[O-].[H+].[SbH3]. The van der Waals surface area contributed by atoms with Crippen LogP contribution in [0.5, 0.6) is 0 Å². The molecule has 0 amide bonds. The molecule has 0 saturated heterocycles. The summed E-state index contributed by atoms with van der Waals surface area (Å²) in [5, 5.41) is 35.7. The van der Waals surface area contributed by atoms with Crippen LogP contribution in [0.3, 0.4) is 0 Å². The van der Waals surface area contributed by atoms with E-state index in [9.17, 15) is 19.8 Å². The van der Waals surface area contributed by atoms with Crippen molar-refractivity contribution in [3.8, 4) is 0 Å². The molecule has 7 heteroatoms. The van der Waals surface area contributed by atoms with Crippen LogP contribution >= 0.6 is 0 Å². The molecule has 0 bridgehead atoms. The standard InChI is InChI=1S/C4H6O6.Sb.3H/c5-1(3(7)8)2(6)4(9)10;;;;/h1-2,5-6H,(H,7,8)(H,9,10);;;;/p-1. The van der Waals surface area contributed by atoms with Crippen LogP contribution in [0.15, 0.2) is 0 Å². The zero-order valence-electron chi connectivity index (χ0n) is 6.39. The van der Waals surface area contributed by atoms with Crippen LogP contribution in [0, 0.1) is 0 Å². The zero-order valence-corrected chi connectivity index (χ0v) is 9.43. The molecule has 2 atom stereocenters. The van der Waals surface area contributed by atoms with Gasteiger partial charge in [0.25, 0.3) is 0 Å². The number of hydrogen-bond donors (Lipinski definition) is 2.